The SMILES string of the molecule is COC(=O)C(C(=O)OC)C1Cc2ccc(F)cc2C(C(C(=O)OC)C(=O)OC)C1c1ccc(F)cc1. The highest BCUT2D eigenvalue weighted by molar-refractivity contribution is 5.97. The Morgan fingerprint density at radius 3 is 1.69 bits per heavy atom. The molecule has 0 saturated heterocycles. The highest BCUT2D eigenvalue weighted by Crippen LogP contribution is 2.52. The van der Waals surface area contributed by atoms with Crippen molar-refractivity contribution in [2.24, 2.45) is 17.8 Å². The number of benzene rings is 2. The lowest BCUT2D eigenvalue weighted by atomic mass is 9.59. The second-order valence-electron chi connectivity index (χ2n) is 8.36. The van der Waals surface area contributed by atoms with Gasteiger partial charge >= 0.3 is 23.9 Å². The normalized spacial score (nSPS) is 18.8. The van der Waals surface area contributed by atoms with E-state index in [0.717, 1.165) is 28.4 Å². The quantitative estimate of drug-likeness (QED) is 0.322. The maximum atomic E-state index is 14.5. The first kappa shape index (κ1) is 26.8. The van der Waals surface area contributed by atoms with E-state index in [9.17, 15) is 28.0 Å². The van der Waals surface area contributed by atoms with Gasteiger partial charge in [0.2, 0.25) is 0 Å². The third-order valence-corrected chi connectivity index (χ3v) is 6.63. The molecular formula is C26H26F2O8. The zero-order chi connectivity index (χ0) is 26.6. The van der Waals surface area contributed by atoms with E-state index < -0.39 is 65.1 Å². The molecule has 3 unspecified atom stereocenters. The van der Waals surface area contributed by atoms with Gasteiger partial charge in [-0.15, -0.1) is 0 Å². The summed E-state index contributed by atoms with van der Waals surface area (Å²) < 4.78 is 47.9. The molecular weight excluding hydrogens is 478 g/mol. The number of fused-ring (bicyclic) bond motifs is 1. The third kappa shape index (κ3) is 5.07. The van der Waals surface area contributed by atoms with Crippen LogP contribution in [0.2, 0.25) is 0 Å². The number of methoxy groups -OCH3 is 4. The molecule has 0 saturated carbocycles. The van der Waals surface area contributed by atoms with Crippen molar-refractivity contribution in [1.82, 2.24) is 0 Å². The average molecular weight is 504 g/mol. The monoisotopic (exact) mass is 504 g/mol. The summed E-state index contributed by atoms with van der Waals surface area (Å²) in [4.78, 5) is 51.5. The second kappa shape index (κ2) is 11.3. The fourth-order valence-electron chi connectivity index (χ4n) is 5.10. The minimum Gasteiger partial charge on any atom is -0.468 e. The fourth-order valence-corrected chi connectivity index (χ4v) is 5.10. The van der Waals surface area contributed by atoms with Gasteiger partial charge < -0.3 is 18.9 Å². The zero-order valence-corrected chi connectivity index (χ0v) is 20.2. The Labute approximate surface area is 206 Å². The molecule has 1 aliphatic carbocycles. The van der Waals surface area contributed by atoms with E-state index in [2.05, 4.69) is 0 Å². The minimum absolute atomic E-state index is 0.0675. The summed E-state index contributed by atoms with van der Waals surface area (Å²) >= 11 is 0. The number of halogens is 2. The summed E-state index contributed by atoms with van der Waals surface area (Å²) in [6.07, 6.45) is 0.0675. The summed E-state index contributed by atoms with van der Waals surface area (Å²) in [5.74, 6) is -10.9. The molecule has 36 heavy (non-hydrogen) atoms. The summed E-state index contributed by atoms with van der Waals surface area (Å²) in [6.45, 7) is 0. The molecule has 0 amide bonds. The third-order valence-electron chi connectivity index (χ3n) is 6.63. The van der Waals surface area contributed by atoms with Crippen LogP contribution in [0.25, 0.3) is 0 Å². The van der Waals surface area contributed by atoms with Gasteiger partial charge in [-0.05, 0) is 59.2 Å². The van der Waals surface area contributed by atoms with E-state index in [0.29, 0.717) is 16.7 Å². The molecule has 192 valence electrons. The molecule has 0 heterocycles. The molecule has 0 radical (unpaired) electrons. The van der Waals surface area contributed by atoms with Crippen LogP contribution in [0.5, 0.6) is 0 Å². The largest absolute Gasteiger partial charge is 0.468 e. The smallest absolute Gasteiger partial charge is 0.320 e. The molecule has 0 spiro atoms. The van der Waals surface area contributed by atoms with Crippen LogP contribution in [-0.2, 0) is 44.5 Å². The highest BCUT2D eigenvalue weighted by Gasteiger charge is 2.53. The molecule has 0 aliphatic heterocycles. The van der Waals surface area contributed by atoms with Gasteiger partial charge in [-0.1, -0.05) is 18.2 Å². The van der Waals surface area contributed by atoms with Crippen LogP contribution < -0.4 is 0 Å². The van der Waals surface area contributed by atoms with E-state index in [1.807, 2.05) is 0 Å². The lowest BCUT2D eigenvalue weighted by Crippen LogP contribution is -2.45. The maximum Gasteiger partial charge on any atom is 0.320 e. The van der Waals surface area contributed by atoms with Gasteiger partial charge in [-0.25, -0.2) is 8.78 Å². The van der Waals surface area contributed by atoms with Crippen LogP contribution >= 0.6 is 0 Å². The van der Waals surface area contributed by atoms with Crippen molar-refractivity contribution in [3.8, 4) is 0 Å². The van der Waals surface area contributed by atoms with Crippen molar-refractivity contribution in [2.75, 3.05) is 28.4 Å². The van der Waals surface area contributed by atoms with Crippen LogP contribution in [0.15, 0.2) is 42.5 Å². The highest BCUT2D eigenvalue weighted by atomic mass is 19.1. The Hall–Kier alpha value is -3.82. The Balaban J connectivity index is 2.38. The number of ether oxygens (including phenoxy) is 4. The van der Waals surface area contributed by atoms with Gasteiger partial charge in [0.25, 0.3) is 0 Å². The minimum atomic E-state index is -1.59. The number of hydrogen-bond acceptors (Lipinski definition) is 8. The Bertz CT molecular complexity index is 1120. The Morgan fingerprint density at radius 1 is 0.722 bits per heavy atom. The fraction of sp³-hybridized carbons (Fsp3) is 0.385. The molecule has 0 aromatic heterocycles. The summed E-state index contributed by atoms with van der Waals surface area (Å²) in [7, 11) is 4.40. The van der Waals surface area contributed by atoms with Crippen molar-refractivity contribution >= 4 is 23.9 Å². The van der Waals surface area contributed by atoms with Gasteiger partial charge in [-0.2, -0.15) is 0 Å². The van der Waals surface area contributed by atoms with Crippen molar-refractivity contribution in [3.63, 3.8) is 0 Å². The van der Waals surface area contributed by atoms with Crippen LogP contribution in [0.3, 0.4) is 0 Å². The van der Waals surface area contributed by atoms with Gasteiger partial charge in [0, 0.05) is 5.92 Å². The first-order valence-corrected chi connectivity index (χ1v) is 11.0. The van der Waals surface area contributed by atoms with Crippen LogP contribution in [0.4, 0.5) is 8.78 Å². The number of carbonyl (C=O) groups is 4. The first-order valence-electron chi connectivity index (χ1n) is 11.0. The van der Waals surface area contributed by atoms with E-state index >= 15 is 0 Å². The average Bonchev–Trinajstić information content (AvgIpc) is 2.89. The standard InChI is InChI=1S/C26H26F2O8/c1-33-23(29)21(24(30)34-2)18-11-14-7-10-16(28)12-17(14)20(22(25(31)35-3)26(32)36-4)19(18)13-5-8-15(27)9-6-13/h5-10,12,18-22H,11H2,1-4H3. The molecule has 0 bridgehead atoms. The predicted octanol–water partition coefficient (Wildman–Crippen LogP) is 2.93. The Kier molecular flexibility index (Phi) is 8.39. The van der Waals surface area contributed by atoms with E-state index in [-0.39, 0.29) is 6.42 Å². The number of esters is 4. The second-order valence-corrected chi connectivity index (χ2v) is 8.36. The molecule has 3 atom stereocenters. The van der Waals surface area contributed by atoms with E-state index in [1.54, 1.807) is 0 Å². The van der Waals surface area contributed by atoms with E-state index in [1.165, 1.54) is 42.5 Å². The molecule has 8 nitrogen and oxygen atoms in total. The number of carbonyl (C=O) groups excluding carboxylic acids is 4. The van der Waals surface area contributed by atoms with Crippen LogP contribution in [0.1, 0.15) is 28.5 Å². The van der Waals surface area contributed by atoms with Gasteiger partial charge in [0.05, 0.1) is 28.4 Å². The summed E-state index contributed by atoms with van der Waals surface area (Å²) in [5, 5.41) is 0. The molecule has 3 rings (SSSR count). The van der Waals surface area contributed by atoms with Gasteiger partial charge in [0.1, 0.15) is 11.6 Å². The number of rotatable bonds is 7. The Morgan fingerprint density at radius 2 is 1.19 bits per heavy atom. The molecule has 0 N–H and O–H groups in total. The molecule has 1 aliphatic rings. The number of hydrogen-bond donors (Lipinski definition) is 0. The molecule has 0 fully saturated rings. The van der Waals surface area contributed by atoms with Crippen molar-refractivity contribution < 1.29 is 46.9 Å². The topological polar surface area (TPSA) is 105 Å². The van der Waals surface area contributed by atoms with Crippen molar-refractivity contribution in [1.29, 1.82) is 0 Å². The van der Waals surface area contributed by atoms with E-state index in [4.69, 9.17) is 18.9 Å². The lowest BCUT2D eigenvalue weighted by Gasteiger charge is -2.43. The first-order chi connectivity index (χ1) is 17.2. The van der Waals surface area contributed by atoms with Crippen molar-refractivity contribution in [3.05, 3.63) is 70.8 Å². The molecule has 10 heteroatoms. The zero-order valence-electron chi connectivity index (χ0n) is 20.2. The molecule has 2 aromatic carbocycles. The summed E-state index contributed by atoms with van der Waals surface area (Å²) in [6, 6.07) is 9.02. The maximum absolute atomic E-state index is 14.5. The van der Waals surface area contributed by atoms with Crippen molar-refractivity contribution in [2.45, 2.75) is 18.3 Å². The van der Waals surface area contributed by atoms with Crippen LogP contribution in [0, 0.1) is 29.4 Å². The summed E-state index contributed by atoms with van der Waals surface area (Å²) in [5.41, 5.74) is 1.20. The molecule has 2 aromatic rings. The van der Waals surface area contributed by atoms with Gasteiger partial charge in [0.15, 0.2) is 11.8 Å². The van der Waals surface area contributed by atoms with Gasteiger partial charge in [-0.3, -0.25) is 19.2 Å². The van der Waals surface area contributed by atoms with Crippen LogP contribution in [-0.4, -0.2) is 52.3 Å². The lowest BCUT2D eigenvalue weighted by molar-refractivity contribution is -0.163. The predicted molar refractivity (Wildman–Crippen MR) is 121 cm³/mol.